The number of hydrogen-bond donors (Lipinski definition) is 1. The average Bonchev–Trinajstić information content (AvgIpc) is 3.27. The smallest absolute Gasteiger partial charge is 0.335 e. The number of halogens is 1. The topological polar surface area (TPSA) is 77.1 Å². The van der Waals surface area contributed by atoms with Crippen molar-refractivity contribution in [2.24, 2.45) is 0 Å². The Morgan fingerprint density at radius 3 is 2.96 bits per heavy atom. The molecule has 7 heteroatoms. The zero-order chi connectivity index (χ0) is 17.8. The summed E-state index contributed by atoms with van der Waals surface area (Å²) in [7, 11) is 1.48. The van der Waals surface area contributed by atoms with E-state index in [9.17, 15) is 9.18 Å². The molecule has 26 heavy (non-hydrogen) atoms. The number of hydrogen-bond acceptors (Lipinski definition) is 5. The van der Waals surface area contributed by atoms with Crippen molar-refractivity contribution in [2.45, 2.75) is 12.3 Å². The molecule has 0 radical (unpaired) electrons. The second kappa shape index (κ2) is 5.39. The predicted molar refractivity (Wildman–Crippen MR) is 90.4 cm³/mol. The van der Waals surface area contributed by atoms with Crippen LogP contribution in [0.1, 0.15) is 22.6 Å². The lowest BCUT2D eigenvalue weighted by Gasteiger charge is -2.26. The number of H-pyrrole nitrogens is 1. The first-order valence-corrected chi connectivity index (χ1v) is 8.22. The van der Waals surface area contributed by atoms with E-state index in [2.05, 4.69) is 15.4 Å². The van der Waals surface area contributed by atoms with Crippen LogP contribution in [0.3, 0.4) is 0 Å². The number of rotatable bonds is 2. The van der Waals surface area contributed by atoms with Crippen LogP contribution in [0.2, 0.25) is 0 Å². The molecule has 1 aliphatic heterocycles. The molecule has 2 heterocycles. The van der Waals surface area contributed by atoms with Crippen molar-refractivity contribution in [3.05, 3.63) is 64.0 Å². The van der Waals surface area contributed by atoms with Gasteiger partial charge in [0, 0.05) is 17.5 Å². The molecule has 0 saturated heterocycles. The zero-order valence-electron chi connectivity index (χ0n) is 13.9. The fourth-order valence-corrected chi connectivity index (χ4v) is 3.93. The molecule has 130 valence electrons. The van der Waals surface area contributed by atoms with E-state index in [1.165, 1.54) is 13.2 Å². The van der Waals surface area contributed by atoms with Gasteiger partial charge in [-0.1, -0.05) is 12.1 Å². The third-order valence-corrected chi connectivity index (χ3v) is 5.10. The number of carbonyl (C=O) groups excluding carboxylic acids is 1. The summed E-state index contributed by atoms with van der Waals surface area (Å²) in [5.74, 6) is -0.991. The molecule has 1 aromatic heterocycles. The summed E-state index contributed by atoms with van der Waals surface area (Å²) in [6, 6.07) is 8.51. The van der Waals surface area contributed by atoms with Crippen LogP contribution in [0.15, 0.2) is 41.5 Å². The van der Waals surface area contributed by atoms with Crippen molar-refractivity contribution in [3.8, 4) is 5.75 Å². The molecule has 3 aromatic rings. The van der Waals surface area contributed by atoms with Gasteiger partial charge in [0.15, 0.2) is 0 Å². The normalized spacial score (nSPS) is 18.7. The van der Waals surface area contributed by atoms with Crippen LogP contribution in [0.4, 0.5) is 4.39 Å². The van der Waals surface area contributed by atoms with Gasteiger partial charge in [-0.05, 0) is 35.3 Å². The molecule has 0 saturated carbocycles. The van der Waals surface area contributed by atoms with Gasteiger partial charge < -0.3 is 9.47 Å². The minimum Gasteiger partial charge on any atom is -0.497 e. The molecule has 1 aliphatic carbocycles. The van der Waals surface area contributed by atoms with Crippen molar-refractivity contribution in [2.75, 3.05) is 13.7 Å². The van der Waals surface area contributed by atoms with Crippen LogP contribution < -0.4 is 4.74 Å². The van der Waals surface area contributed by atoms with E-state index in [0.717, 1.165) is 16.7 Å². The van der Waals surface area contributed by atoms with Crippen LogP contribution in [0.5, 0.6) is 5.75 Å². The number of cyclic esters (lactones) is 1. The monoisotopic (exact) mass is 351 g/mol. The number of aromatic amines is 1. The highest BCUT2D eigenvalue weighted by Gasteiger charge is 2.40. The lowest BCUT2D eigenvalue weighted by molar-refractivity contribution is -0.136. The molecule has 1 N–H and O–H groups in total. The van der Waals surface area contributed by atoms with Crippen molar-refractivity contribution >= 4 is 17.0 Å². The first kappa shape index (κ1) is 15.1. The van der Waals surface area contributed by atoms with E-state index in [4.69, 9.17) is 9.47 Å². The molecule has 0 spiro atoms. The summed E-state index contributed by atoms with van der Waals surface area (Å²) in [4.78, 5) is 12.4. The largest absolute Gasteiger partial charge is 0.497 e. The van der Waals surface area contributed by atoms with Crippen LogP contribution in [-0.2, 0) is 16.0 Å². The van der Waals surface area contributed by atoms with Gasteiger partial charge in [0.2, 0.25) is 0 Å². The van der Waals surface area contributed by atoms with Crippen LogP contribution in [-0.4, -0.2) is 35.1 Å². The molecule has 5 rings (SSSR count). The van der Waals surface area contributed by atoms with E-state index < -0.39 is 17.7 Å². The number of benzene rings is 2. The van der Waals surface area contributed by atoms with Crippen LogP contribution >= 0.6 is 0 Å². The number of methoxy groups -OCH3 is 1. The fourth-order valence-electron chi connectivity index (χ4n) is 3.93. The lowest BCUT2D eigenvalue weighted by atomic mass is 9.74. The number of nitrogens with zero attached hydrogens (tertiary/aromatic N) is 2. The van der Waals surface area contributed by atoms with Crippen molar-refractivity contribution < 1.29 is 18.7 Å². The Balaban J connectivity index is 1.81. The van der Waals surface area contributed by atoms with E-state index in [0.29, 0.717) is 34.3 Å². The summed E-state index contributed by atoms with van der Waals surface area (Å²) >= 11 is 0. The summed E-state index contributed by atoms with van der Waals surface area (Å²) in [5.41, 5.74) is 4.94. The van der Waals surface area contributed by atoms with Gasteiger partial charge in [-0.3, -0.25) is 0 Å². The van der Waals surface area contributed by atoms with Gasteiger partial charge in [0.1, 0.15) is 29.2 Å². The Hall–Kier alpha value is -3.22. The fraction of sp³-hybridized carbons (Fsp3) is 0.211. The summed E-state index contributed by atoms with van der Waals surface area (Å²) < 4.78 is 25.3. The predicted octanol–water partition coefficient (Wildman–Crippen LogP) is 2.65. The number of fused-ring (bicyclic) bond motifs is 3. The molecule has 2 aromatic carbocycles. The Morgan fingerprint density at radius 1 is 1.27 bits per heavy atom. The quantitative estimate of drug-likeness (QED) is 0.718. The van der Waals surface area contributed by atoms with Crippen molar-refractivity contribution in [1.29, 1.82) is 0 Å². The molecule has 6 nitrogen and oxygen atoms in total. The Kier molecular flexibility index (Phi) is 3.12. The van der Waals surface area contributed by atoms with Gasteiger partial charge >= 0.3 is 5.97 Å². The standard InChI is InChI=1S/C19H14FN3O3/c1-25-11-3-4-12(13(20)7-11)17-15-9(2-5-14-18(15)22-23-21-14)6-10-8-26-19(24)16(10)17/h2-5,7,17H,6,8H2,1H3,(H,21,22,23). The minimum absolute atomic E-state index is 0.249. The van der Waals surface area contributed by atoms with E-state index in [1.54, 1.807) is 12.1 Å². The number of ether oxygens (including phenoxy) is 2. The second-order valence-electron chi connectivity index (χ2n) is 6.42. The van der Waals surface area contributed by atoms with Crippen molar-refractivity contribution in [3.63, 3.8) is 0 Å². The van der Waals surface area contributed by atoms with Gasteiger partial charge in [0.05, 0.1) is 12.7 Å². The first-order chi connectivity index (χ1) is 12.7. The SMILES string of the molecule is COc1ccc(C2C3=C(COC3=O)Cc3ccc4n[nH]nc4c32)c(F)c1. The second-order valence-corrected chi connectivity index (χ2v) is 6.42. The molecule has 0 bridgehead atoms. The van der Waals surface area contributed by atoms with Gasteiger partial charge in [-0.15, -0.1) is 0 Å². The Bertz CT molecular complexity index is 1100. The third-order valence-electron chi connectivity index (χ3n) is 5.10. The minimum atomic E-state index is -0.580. The van der Waals surface area contributed by atoms with E-state index in [-0.39, 0.29) is 6.61 Å². The number of aromatic nitrogens is 3. The maximum Gasteiger partial charge on any atom is 0.335 e. The van der Waals surface area contributed by atoms with Gasteiger partial charge in [-0.25, -0.2) is 9.18 Å². The third kappa shape index (κ3) is 2.00. The summed E-state index contributed by atoms with van der Waals surface area (Å²) in [6.07, 6.45) is 0.591. The zero-order valence-corrected chi connectivity index (χ0v) is 13.9. The highest BCUT2D eigenvalue weighted by atomic mass is 19.1. The molecule has 0 amide bonds. The number of carbonyl (C=O) groups is 1. The van der Waals surface area contributed by atoms with Crippen molar-refractivity contribution in [1.82, 2.24) is 15.4 Å². The van der Waals surface area contributed by atoms with Crippen LogP contribution in [0.25, 0.3) is 11.0 Å². The molecule has 1 atom stereocenters. The van der Waals surface area contributed by atoms with Gasteiger partial charge in [0.25, 0.3) is 0 Å². The highest BCUT2D eigenvalue weighted by Crippen LogP contribution is 2.46. The summed E-state index contributed by atoms with van der Waals surface area (Å²) in [5, 5.41) is 11.0. The van der Waals surface area contributed by atoms with E-state index >= 15 is 0 Å². The van der Waals surface area contributed by atoms with E-state index in [1.807, 2.05) is 12.1 Å². The maximum atomic E-state index is 14.9. The Morgan fingerprint density at radius 2 is 2.15 bits per heavy atom. The summed E-state index contributed by atoms with van der Waals surface area (Å²) in [6.45, 7) is 0.249. The molecular weight excluding hydrogens is 337 g/mol. The Labute approximate surface area is 147 Å². The number of esters is 1. The number of nitrogens with one attached hydrogen (secondary N) is 1. The highest BCUT2D eigenvalue weighted by molar-refractivity contribution is 5.97. The molecule has 1 unspecified atom stereocenters. The first-order valence-electron chi connectivity index (χ1n) is 8.22. The maximum absolute atomic E-state index is 14.9. The lowest BCUT2D eigenvalue weighted by Crippen LogP contribution is -2.19. The molecule has 0 fully saturated rings. The average molecular weight is 351 g/mol. The van der Waals surface area contributed by atoms with Crippen LogP contribution in [0, 0.1) is 5.82 Å². The molecule has 2 aliphatic rings. The molecular formula is C19H14FN3O3. The van der Waals surface area contributed by atoms with Gasteiger partial charge in [-0.2, -0.15) is 15.4 Å².